The Balaban J connectivity index is 2.19. The number of halogens is 2. The Bertz CT molecular complexity index is 805. The van der Waals surface area contributed by atoms with Crippen LogP contribution in [0, 0.1) is 11.6 Å². The molecular weight excluding hydrogens is 512 g/mol. The molecule has 1 rings (SSSR count). The number of rotatable bonds is 22. The highest BCUT2D eigenvalue weighted by Gasteiger charge is 2.26. The highest BCUT2D eigenvalue weighted by atomic mass is 19.1. The van der Waals surface area contributed by atoms with E-state index in [2.05, 4.69) is 12.2 Å². The molecule has 0 saturated carbocycles. The molecule has 0 aliphatic heterocycles. The summed E-state index contributed by atoms with van der Waals surface area (Å²) in [6.45, 7) is 7.62. The first-order valence-electron chi connectivity index (χ1n) is 15.7. The molecule has 0 bridgehead atoms. The number of alkyl carbamates (subject to hydrolysis) is 1. The molecule has 1 amide bonds. The summed E-state index contributed by atoms with van der Waals surface area (Å²) in [6, 6.07) is 1.92. The van der Waals surface area contributed by atoms with Crippen LogP contribution in [0.1, 0.15) is 142 Å². The predicted molar refractivity (Wildman–Crippen MR) is 158 cm³/mol. The Kier molecular flexibility index (Phi) is 19.3. The van der Waals surface area contributed by atoms with Crippen molar-refractivity contribution in [2.24, 2.45) is 0 Å². The minimum Gasteiger partial charge on any atom is -0.464 e. The van der Waals surface area contributed by atoms with Gasteiger partial charge in [0, 0.05) is 12.5 Å². The van der Waals surface area contributed by atoms with Gasteiger partial charge in [-0.1, -0.05) is 110 Å². The van der Waals surface area contributed by atoms with Crippen molar-refractivity contribution in [3.8, 4) is 0 Å². The summed E-state index contributed by atoms with van der Waals surface area (Å²) in [6.07, 6.45) is 20.7. The summed E-state index contributed by atoms with van der Waals surface area (Å²) >= 11 is 0. The zero-order chi connectivity index (χ0) is 29.6. The topological polar surface area (TPSA) is 64.6 Å². The van der Waals surface area contributed by atoms with Crippen LogP contribution in [0.2, 0.25) is 0 Å². The van der Waals surface area contributed by atoms with Crippen LogP contribution < -0.4 is 5.32 Å². The van der Waals surface area contributed by atoms with Crippen LogP contribution >= 0.6 is 0 Å². The molecule has 5 nitrogen and oxygen atoms in total. The normalized spacial score (nSPS) is 12.2. The Morgan fingerprint density at radius 3 is 1.57 bits per heavy atom. The molecule has 0 aliphatic rings. The van der Waals surface area contributed by atoms with E-state index >= 15 is 0 Å². The van der Waals surface area contributed by atoms with Gasteiger partial charge in [-0.2, -0.15) is 0 Å². The number of nitrogens with one attached hydrogen (secondary N) is 1. The van der Waals surface area contributed by atoms with Crippen LogP contribution in [0.4, 0.5) is 13.6 Å². The van der Waals surface area contributed by atoms with E-state index in [0.29, 0.717) is 0 Å². The maximum atomic E-state index is 13.6. The van der Waals surface area contributed by atoms with Gasteiger partial charge in [0.1, 0.15) is 23.3 Å². The average Bonchev–Trinajstić information content (AvgIpc) is 2.85. The number of hydrogen-bond acceptors (Lipinski definition) is 4. The molecule has 0 heterocycles. The van der Waals surface area contributed by atoms with Gasteiger partial charge in [0.2, 0.25) is 0 Å². The Morgan fingerprint density at radius 2 is 1.15 bits per heavy atom. The van der Waals surface area contributed by atoms with Gasteiger partial charge in [-0.25, -0.2) is 18.4 Å². The third-order valence-corrected chi connectivity index (χ3v) is 6.83. The van der Waals surface area contributed by atoms with Crippen molar-refractivity contribution >= 4 is 12.1 Å². The summed E-state index contributed by atoms with van der Waals surface area (Å²) < 4.78 is 37.9. The summed E-state index contributed by atoms with van der Waals surface area (Å²) in [4.78, 5) is 25.0. The first kappa shape index (κ1) is 35.8. The molecule has 1 atom stereocenters. The minimum absolute atomic E-state index is 0.105. The van der Waals surface area contributed by atoms with Crippen LogP contribution in [-0.2, 0) is 20.7 Å². The molecule has 0 radical (unpaired) electrons. The molecule has 0 fully saturated rings. The number of benzene rings is 1. The van der Waals surface area contributed by atoms with E-state index in [1.54, 1.807) is 20.8 Å². The van der Waals surface area contributed by atoms with Gasteiger partial charge in [0.15, 0.2) is 0 Å². The molecule has 230 valence electrons. The summed E-state index contributed by atoms with van der Waals surface area (Å²) in [5, 5.41) is 2.49. The lowest BCUT2D eigenvalue weighted by molar-refractivity contribution is -0.146. The Labute approximate surface area is 242 Å². The fourth-order valence-electron chi connectivity index (χ4n) is 4.71. The number of amides is 1. The second-order valence-electron chi connectivity index (χ2n) is 12.0. The molecular formula is C33H55F2NO4. The van der Waals surface area contributed by atoms with Gasteiger partial charge in [-0.15, -0.1) is 0 Å². The van der Waals surface area contributed by atoms with Gasteiger partial charge in [-0.05, 0) is 44.9 Å². The van der Waals surface area contributed by atoms with E-state index in [0.717, 1.165) is 37.5 Å². The van der Waals surface area contributed by atoms with E-state index in [1.165, 1.54) is 89.9 Å². The summed E-state index contributed by atoms with van der Waals surface area (Å²) in [5.41, 5.74) is -0.509. The third kappa shape index (κ3) is 19.8. The van der Waals surface area contributed by atoms with Crippen molar-refractivity contribution in [1.29, 1.82) is 0 Å². The monoisotopic (exact) mass is 567 g/mol. The number of esters is 1. The first-order valence-corrected chi connectivity index (χ1v) is 15.7. The van der Waals surface area contributed by atoms with E-state index in [-0.39, 0.29) is 18.6 Å². The van der Waals surface area contributed by atoms with Crippen molar-refractivity contribution in [3.05, 3.63) is 35.4 Å². The number of ether oxygens (including phenoxy) is 2. The molecule has 7 heteroatoms. The fourth-order valence-corrected chi connectivity index (χ4v) is 4.71. The molecule has 0 spiro atoms. The molecule has 1 aromatic carbocycles. The Hall–Kier alpha value is -2.18. The molecule has 0 saturated heterocycles. The van der Waals surface area contributed by atoms with Crippen LogP contribution in [0.3, 0.4) is 0 Å². The van der Waals surface area contributed by atoms with Crippen molar-refractivity contribution in [2.45, 2.75) is 155 Å². The number of hydrogen-bond donors (Lipinski definition) is 1. The maximum Gasteiger partial charge on any atom is 0.408 e. The highest BCUT2D eigenvalue weighted by molar-refractivity contribution is 5.81. The van der Waals surface area contributed by atoms with Gasteiger partial charge in [-0.3, -0.25) is 0 Å². The van der Waals surface area contributed by atoms with Crippen LogP contribution in [0.15, 0.2) is 18.2 Å². The molecule has 0 aliphatic carbocycles. The number of unbranched alkanes of at least 4 members (excludes halogenated alkanes) is 16. The van der Waals surface area contributed by atoms with Crippen LogP contribution in [0.25, 0.3) is 0 Å². The van der Waals surface area contributed by atoms with Crippen LogP contribution in [-0.4, -0.2) is 30.3 Å². The summed E-state index contributed by atoms with van der Waals surface area (Å²) in [5.74, 6) is -2.14. The lowest BCUT2D eigenvalue weighted by Crippen LogP contribution is -2.45. The lowest BCUT2D eigenvalue weighted by Gasteiger charge is -2.23. The minimum atomic E-state index is -1.11. The van der Waals surface area contributed by atoms with Gasteiger partial charge in [0.25, 0.3) is 0 Å². The first-order chi connectivity index (χ1) is 19.1. The third-order valence-electron chi connectivity index (χ3n) is 6.83. The van der Waals surface area contributed by atoms with Gasteiger partial charge >= 0.3 is 12.1 Å². The van der Waals surface area contributed by atoms with E-state index in [9.17, 15) is 18.4 Å². The molecule has 0 unspecified atom stereocenters. The molecule has 1 aromatic rings. The van der Waals surface area contributed by atoms with E-state index in [1.807, 2.05) is 0 Å². The molecule has 1 N–H and O–H groups in total. The SMILES string of the molecule is CCCCCCCCCCCCCCCCCCCOC(=O)[C@H](Cc1cc(F)cc(F)c1)NC(=O)OC(C)(C)C. The van der Waals surface area contributed by atoms with Crippen molar-refractivity contribution in [2.75, 3.05) is 6.61 Å². The predicted octanol–water partition coefficient (Wildman–Crippen LogP) is 9.60. The quantitative estimate of drug-likeness (QED) is 0.112. The standard InChI is InChI=1S/C33H55F2NO4/c1-5-6-7-8-9-10-11-12-13-14-15-16-17-18-19-20-21-22-39-31(37)30(36-32(38)40-33(2,3)4)25-27-23-28(34)26-29(35)24-27/h23-24,26,30H,5-22,25H2,1-4H3,(H,36,38)/t30-/m0/s1. The zero-order valence-electron chi connectivity index (χ0n) is 25.6. The number of carbonyl (C=O) groups excluding carboxylic acids is 2. The summed E-state index contributed by atoms with van der Waals surface area (Å²) in [7, 11) is 0. The lowest BCUT2D eigenvalue weighted by atomic mass is 10.0. The van der Waals surface area contributed by atoms with E-state index in [4.69, 9.17) is 9.47 Å². The largest absolute Gasteiger partial charge is 0.464 e. The zero-order valence-corrected chi connectivity index (χ0v) is 25.6. The fraction of sp³-hybridized carbons (Fsp3) is 0.758. The molecule has 0 aromatic heterocycles. The maximum absolute atomic E-state index is 13.6. The average molecular weight is 568 g/mol. The Morgan fingerprint density at radius 1 is 0.725 bits per heavy atom. The van der Waals surface area contributed by atoms with Gasteiger partial charge in [0.05, 0.1) is 6.61 Å². The van der Waals surface area contributed by atoms with Crippen molar-refractivity contribution < 1.29 is 27.8 Å². The van der Waals surface area contributed by atoms with Crippen molar-refractivity contribution in [3.63, 3.8) is 0 Å². The van der Waals surface area contributed by atoms with Crippen LogP contribution in [0.5, 0.6) is 0 Å². The number of carbonyl (C=O) groups is 2. The second-order valence-corrected chi connectivity index (χ2v) is 12.0. The van der Waals surface area contributed by atoms with E-state index < -0.39 is 35.3 Å². The smallest absolute Gasteiger partial charge is 0.408 e. The van der Waals surface area contributed by atoms with Gasteiger partial charge < -0.3 is 14.8 Å². The second kappa shape index (κ2) is 21.6. The van der Waals surface area contributed by atoms with Crippen molar-refractivity contribution in [1.82, 2.24) is 5.32 Å². The molecule has 40 heavy (non-hydrogen) atoms. The highest BCUT2D eigenvalue weighted by Crippen LogP contribution is 2.15.